The van der Waals surface area contributed by atoms with Crippen LogP contribution in [0.4, 0.5) is 8.78 Å². The van der Waals surface area contributed by atoms with E-state index in [0.29, 0.717) is 11.1 Å². The molecular weight excluding hydrogens is 270 g/mol. The molecule has 0 saturated heterocycles. The summed E-state index contributed by atoms with van der Waals surface area (Å²) in [6.07, 6.45) is 6.02. The van der Waals surface area contributed by atoms with Gasteiger partial charge in [-0.3, -0.25) is 0 Å². The van der Waals surface area contributed by atoms with Gasteiger partial charge < -0.3 is 10.4 Å². The minimum atomic E-state index is -0.575. The number of benzene rings is 1. The molecule has 98 valence electrons. The summed E-state index contributed by atoms with van der Waals surface area (Å²) in [6, 6.07) is 3.79. The molecule has 5 heteroatoms. The third-order valence-corrected chi connectivity index (χ3v) is 2.95. The standard InChI is InChI=1S/C14H11ClF2N2/c15-11(6-18)4-9-7-19-8-10(9)5-12-13(16)2-1-3-14(12)17/h1-4,6-8,18-19H,5H2/b11-4+,18-6?. The third kappa shape index (κ3) is 3.09. The molecule has 0 unspecified atom stereocenters. The van der Waals surface area contributed by atoms with Crippen LogP contribution in [0.5, 0.6) is 0 Å². The number of aromatic nitrogens is 1. The molecular formula is C14H11ClF2N2. The summed E-state index contributed by atoms with van der Waals surface area (Å²) in [4.78, 5) is 2.86. The van der Waals surface area contributed by atoms with Crippen molar-refractivity contribution in [2.75, 3.05) is 0 Å². The van der Waals surface area contributed by atoms with E-state index in [1.54, 1.807) is 18.5 Å². The van der Waals surface area contributed by atoms with Crippen molar-refractivity contribution >= 4 is 23.9 Å². The molecule has 1 heterocycles. The van der Waals surface area contributed by atoms with Crippen LogP contribution < -0.4 is 0 Å². The number of rotatable bonds is 4. The highest BCUT2D eigenvalue weighted by atomic mass is 35.5. The number of H-pyrrole nitrogens is 1. The maximum atomic E-state index is 13.6. The van der Waals surface area contributed by atoms with Crippen LogP contribution in [-0.2, 0) is 6.42 Å². The van der Waals surface area contributed by atoms with Crippen LogP contribution in [0.15, 0.2) is 35.6 Å². The molecule has 0 amide bonds. The van der Waals surface area contributed by atoms with Crippen molar-refractivity contribution in [3.63, 3.8) is 0 Å². The average molecular weight is 281 g/mol. The van der Waals surface area contributed by atoms with E-state index in [9.17, 15) is 8.78 Å². The second-order valence-corrected chi connectivity index (χ2v) is 4.42. The Kier molecular flexibility index (Phi) is 4.12. The molecule has 2 rings (SSSR count). The van der Waals surface area contributed by atoms with Gasteiger partial charge in [0.1, 0.15) is 11.6 Å². The van der Waals surface area contributed by atoms with Gasteiger partial charge in [-0.1, -0.05) is 17.7 Å². The van der Waals surface area contributed by atoms with E-state index in [1.165, 1.54) is 18.2 Å². The quantitative estimate of drug-likeness (QED) is 0.791. The van der Waals surface area contributed by atoms with Gasteiger partial charge in [-0.25, -0.2) is 8.78 Å². The van der Waals surface area contributed by atoms with Crippen molar-refractivity contribution in [1.29, 1.82) is 5.41 Å². The topological polar surface area (TPSA) is 39.6 Å². The lowest BCUT2D eigenvalue weighted by Gasteiger charge is -2.04. The van der Waals surface area contributed by atoms with Crippen LogP contribution in [-0.4, -0.2) is 11.2 Å². The molecule has 2 nitrogen and oxygen atoms in total. The zero-order chi connectivity index (χ0) is 13.8. The van der Waals surface area contributed by atoms with Crippen molar-refractivity contribution in [1.82, 2.24) is 4.98 Å². The van der Waals surface area contributed by atoms with Crippen LogP contribution >= 0.6 is 11.6 Å². The fourth-order valence-electron chi connectivity index (χ4n) is 1.78. The van der Waals surface area contributed by atoms with Crippen molar-refractivity contribution in [2.45, 2.75) is 6.42 Å². The summed E-state index contributed by atoms with van der Waals surface area (Å²) in [5.74, 6) is -1.15. The van der Waals surface area contributed by atoms with E-state index in [2.05, 4.69) is 4.98 Å². The van der Waals surface area contributed by atoms with Crippen molar-refractivity contribution in [3.8, 4) is 0 Å². The number of hydrogen-bond donors (Lipinski definition) is 2. The molecule has 1 aromatic heterocycles. The normalized spacial score (nSPS) is 11.6. The molecule has 0 aliphatic heterocycles. The predicted octanol–water partition coefficient (Wildman–Crippen LogP) is 4.11. The molecule has 0 aliphatic carbocycles. The Labute approximate surface area is 114 Å². The van der Waals surface area contributed by atoms with Crippen LogP contribution in [0.2, 0.25) is 0 Å². The molecule has 2 N–H and O–H groups in total. The average Bonchev–Trinajstić information content (AvgIpc) is 2.81. The smallest absolute Gasteiger partial charge is 0.129 e. The highest BCUT2D eigenvalue weighted by Gasteiger charge is 2.11. The highest BCUT2D eigenvalue weighted by Crippen LogP contribution is 2.21. The third-order valence-electron chi connectivity index (χ3n) is 2.73. The Morgan fingerprint density at radius 1 is 1.26 bits per heavy atom. The van der Waals surface area contributed by atoms with Gasteiger partial charge in [0.2, 0.25) is 0 Å². The van der Waals surface area contributed by atoms with Gasteiger partial charge in [0.15, 0.2) is 0 Å². The molecule has 0 fully saturated rings. The first-order chi connectivity index (χ1) is 9.11. The number of halogens is 3. The summed E-state index contributed by atoms with van der Waals surface area (Å²) < 4.78 is 27.1. The first-order valence-corrected chi connectivity index (χ1v) is 5.96. The fourth-order valence-corrected chi connectivity index (χ4v) is 1.89. The van der Waals surface area contributed by atoms with Gasteiger partial charge in [0.25, 0.3) is 0 Å². The number of allylic oxidation sites excluding steroid dienone is 1. The van der Waals surface area contributed by atoms with Gasteiger partial charge in [-0.05, 0) is 29.3 Å². The Balaban J connectivity index is 2.35. The van der Waals surface area contributed by atoms with Crippen LogP contribution in [0.3, 0.4) is 0 Å². The van der Waals surface area contributed by atoms with Crippen LogP contribution in [0.1, 0.15) is 16.7 Å². The summed E-state index contributed by atoms with van der Waals surface area (Å²) in [7, 11) is 0. The molecule has 2 aromatic rings. The minimum Gasteiger partial charge on any atom is -0.367 e. The van der Waals surface area contributed by atoms with E-state index in [1.807, 2.05) is 0 Å². The van der Waals surface area contributed by atoms with Crippen molar-refractivity contribution in [3.05, 3.63) is 63.9 Å². The van der Waals surface area contributed by atoms with Gasteiger partial charge >= 0.3 is 0 Å². The predicted molar refractivity (Wildman–Crippen MR) is 72.6 cm³/mol. The van der Waals surface area contributed by atoms with E-state index < -0.39 is 11.6 Å². The minimum absolute atomic E-state index is 0.0164. The van der Waals surface area contributed by atoms with Gasteiger partial charge in [-0.15, -0.1) is 0 Å². The Morgan fingerprint density at radius 2 is 1.95 bits per heavy atom. The zero-order valence-electron chi connectivity index (χ0n) is 9.88. The Bertz CT molecular complexity index is 612. The van der Waals surface area contributed by atoms with Crippen LogP contribution in [0.25, 0.3) is 6.08 Å². The Hall–Kier alpha value is -1.94. The zero-order valence-corrected chi connectivity index (χ0v) is 10.6. The van der Waals surface area contributed by atoms with E-state index in [0.717, 1.165) is 6.21 Å². The van der Waals surface area contributed by atoms with E-state index >= 15 is 0 Å². The maximum Gasteiger partial charge on any atom is 0.129 e. The Morgan fingerprint density at radius 3 is 2.58 bits per heavy atom. The number of nitrogens with one attached hydrogen (secondary N) is 2. The van der Waals surface area contributed by atoms with Gasteiger partial charge in [0.05, 0.1) is 5.03 Å². The van der Waals surface area contributed by atoms with Gasteiger partial charge in [0, 0.05) is 30.6 Å². The summed E-state index contributed by atoms with van der Waals surface area (Å²) in [5, 5.41) is 7.26. The highest BCUT2D eigenvalue weighted by molar-refractivity contribution is 6.41. The van der Waals surface area contributed by atoms with E-state index in [-0.39, 0.29) is 17.0 Å². The lowest BCUT2D eigenvalue weighted by molar-refractivity contribution is 0.561. The second-order valence-electron chi connectivity index (χ2n) is 3.99. The van der Waals surface area contributed by atoms with Crippen LogP contribution in [0, 0.1) is 17.0 Å². The van der Waals surface area contributed by atoms with Crippen molar-refractivity contribution < 1.29 is 8.78 Å². The molecule has 0 spiro atoms. The monoisotopic (exact) mass is 280 g/mol. The summed E-state index contributed by atoms with van der Waals surface area (Å²) in [6.45, 7) is 0. The van der Waals surface area contributed by atoms with Crippen molar-refractivity contribution in [2.24, 2.45) is 0 Å². The molecule has 0 radical (unpaired) electrons. The second kappa shape index (κ2) is 5.80. The molecule has 0 bridgehead atoms. The lowest BCUT2D eigenvalue weighted by Crippen LogP contribution is -1.97. The SMILES string of the molecule is N=C/C(Cl)=C\c1c[nH]cc1Cc1c(F)cccc1F. The van der Waals surface area contributed by atoms with E-state index in [4.69, 9.17) is 17.0 Å². The number of hydrogen-bond acceptors (Lipinski definition) is 1. The molecule has 0 atom stereocenters. The molecule has 0 aliphatic rings. The first-order valence-electron chi connectivity index (χ1n) is 5.58. The molecule has 0 saturated carbocycles. The largest absolute Gasteiger partial charge is 0.367 e. The molecule has 19 heavy (non-hydrogen) atoms. The molecule has 1 aromatic carbocycles. The fraction of sp³-hybridized carbons (Fsp3) is 0.0714. The maximum absolute atomic E-state index is 13.6. The first kappa shape index (κ1) is 13.5. The summed E-state index contributed by atoms with van der Waals surface area (Å²) >= 11 is 5.75. The number of aromatic amines is 1. The lowest BCUT2D eigenvalue weighted by atomic mass is 10.0. The summed E-state index contributed by atoms with van der Waals surface area (Å²) in [5.41, 5.74) is 1.43. The van der Waals surface area contributed by atoms with Gasteiger partial charge in [-0.2, -0.15) is 0 Å².